The van der Waals surface area contributed by atoms with Crippen molar-refractivity contribution in [3.05, 3.63) is 47.8 Å². The second-order valence-corrected chi connectivity index (χ2v) is 6.50. The summed E-state index contributed by atoms with van der Waals surface area (Å²) in [5, 5.41) is 6.10. The zero-order chi connectivity index (χ0) is 19.1. The largest absolute Gasteiger partial charge is 0.462 e. The number of carbonyl (C=O) groups excluding carboxylic acids is 2. The monoisotopic (exact) mass is 368 g/mol. The van der Waals surface area contributed by atoms with Crippen LogP contribution in [0, 0.1) is 0 Å². The van der Waals surface area contributed by atoms with E-state index in [-0.39, 0.29) is 17.6 Å². The van der Waals surface area contributed by atoms with Crippen LogP contribution in [0.1, 0.15) is 59.9 Å². The quantitative estimate of drug-likeness (QED) is 0.756. The van der Waals surface area contributed by atoms with E-state index < -0.39 is 0 Å². The minimum absolute atomic E-state index is 0.290. The molecule has 1 aliphatic rings. The number of benzene rings is 1. The minimum Gasteiger partial charge on any atom is -0.462 e. The number of nitrogens with one attached hydrogen (secondary N) is 2. The summed E-state index contributed by atoms with van der Waals surface area (Å²) in [4.78, 5) is 32.7. The molecule has 0 saturated heterocycles. The lowest BCUT2D eigenvalue weighted by molar-refractivity contribution is 0.0526. The van der Waals surface area contributed by atoms with Crippen molar-refractivity contribution in [1.29, 1.82) is 0 Å². The Labute approximate surface area is 158 Å². The molecule has 0 unspecified atom stereocenters. The van der Waals surface area contributed by atoms with E-state index in [1.807, 2.05) is 0 Å². The van der Waals surface area contributed by atoms with Crippen LogP contribution in [0.4, 0.5) is 11.6 Å². The van der Waals surface area contributed by atoms with E-state index >= 15 is 0 Å². The van der Waals surface area contributed by atoms with Crippen molar-refractivity contribution in [3.8, 4) is 0 Å². The first-order chi connectivity index (χ1) is 13.2. The maximum atomic E-state index is 12.5. The van der Waals surface area contributed by atoms with E-state index in [1.54, 1.807) is 43.5 Å². The number of esters is 1. The summed E-state index contributed by atoms with van der Waals surface area (Å²) < 4.78 is 4.94. The number of amides is 1. The van der Waals surface area contributed by atoms with E-state index in [0.29, 0.717) is 29.8 Å². The Balaban J connectivity index is 1.62. The fraction of sp³-hybridized carbons (Fsp3) is 0.400. The van der Waals surface area contributed by atoms with Gasteiger partial charge < -0.3 is 15.4 Å². The predicted octanol–water partition coefficient (Wildman–Crippen LogP) is 3.65. The zero-order valence-corrected chi connectivity index (χ0v) is 15.4. The molecule has 1 aliphatic carbocycles. The molecule has 0 spiro atoms. The third-order valence-corrected chi connectivity index (χ3v) is 4.48. The van der Waals surface area contributed by atoms with Gasteiger partial charge in [-0.3, -0.25) is 4.79 Å². The van der Waals surface area contributed by atoms with E-state index in [9.17, 15) is 9.59 Å². The van der Waals surface area contributed by atoms with E-state index in [1.165, 1.54) is 19.3 Å². The molecule has 1 amide bonds. The standard InChI is InChI=1S/C20H24N4O3/c1-2-27-19(26)14-8-10-16(11-9-14)22-18(25)17-12-13-21-20(24-17)23-15-6-4-3-5-7-15/h8-13,15H,2-7H2,1H3,(H,22,25)(H,21,23,24). The topological polar surface area (TPSA) is 93.2 Å². The van der Waals surface area contributed by atoms with Gasteiger partial charge in [-0.05, 0) is 50.1 Å². The van der Waals surface area contributed by atoms with Gasteiger partial charge in [-0.15, -0.1) is 0 Å². The van der Waals surface area contributed by atoms with Gasteiger partial charge in [-0.2, -0.15) is 0 Å². The Morgan fingerprint density at radius 3 is 2.56 bits per heavy atom. The van der Waals surface area contributed by atoms with Gasteiger partial charge in [0.15, 0.2) is 0 Å². The van der Waals surface area contributed by atoms with Gasteiger partial charge in [0.05, 0.1) is 12.2 Å². The maximum absolute atomic E-state index is 12.5. The molecular weight excluding hydrogens is 344 g/mol. The second-order valence-electron chi connectivity index (χ2n) is 6.50. The van der Waals surface area contributed by atoms with Crippen molar-refractivity contribution >= 4 is 23.5 Å². The average molecular weight is 368 g/mol. The molecule has 0 atom stereocenters. The molecule has 0 bridgehead atoms. The fourth-order valence-corrected chi connectivity index (χ4v) is 3.08. The summed E-state index contributed by atoms with van der Waals surface area (Å²) in [7, 11) is 0. The van der Waals surface area contributed by atoms with Crippen LogP contribution in [0.3, 0.4) is 0 Å². The van der Waals surface area contributed by atoms with Crippen molar-refractivity contribution in [2.24, 2.45) is 0 Å². The summed E-state index contributed by atoms with van der Waals surface area (Å²) in [5.74, 6) is -0.232. The van der Waals surface area contributed by atoms with Crippen LogP contribution >= 0.6 is 0 Å². The van der Waals surface area contributed by atoms with Gasteiger partial charge in [-0.25, -0.2) is 14.8 Å². The first kappa shape index (κ1) is 18.8. The Hall–Kier alpha value is -2.96. The van der Waals surface area contributed by atoms with Crippen LogP contribution in [0.5, 0.6) is 0 Å². The van der Waals surface area contributed by atoms with Gasteiger partial charge in [0.1, 0.15) is 5.69 Å². The molecule has 142 valence electrons. The molecule has 27 heavy (non-hydrogen) atoms. The summed E-state index contributed by atoms with van der Waals surface area (Å²) in [5.41, 5.74) is 1.31. The zero-order valence-electron chi connectivity index (χ0n) is 15.4. The fourth-order valence-electron chi connectivity index (χ4n) is 3.08. The highest BCUT2D eigenvalue weighted by Gasteiger charge is 2.15. The van der Waals surface area contributed by atoms with E-state index in [0.717, 1.165) is 12.8 Å². The van der Waals surface area contributed by atoms with Gasteiger partial charge in [0.25, 0.3) is 5.91 Å². The maximum Gasteiger partial charge on any atom is 0.338 e. The highest BCUT2D eigenvalue weighted by molar-refractivity contribution is 6.03. The molecular formula is C20H24N4O3. The molecule has 1 fully saturated rings. The molecule has 0 radical (unpaired) electrons. The lowest BCUT2D eigenvalue weighted by Gasteiger charge is -2.22. The Kier molecular flexibility index (Phi) is 6.35. The number of hydrogen-bond donors (Lipinski definition) is 2. The Morgan fingerprint density at radius 1 is 1.11 bits per heavy atom. The molecule has 2 aromatic rings. The number of aromatic nitrogens is 2. The number of hydrogen-bond acceptors (Lipinski definition) is 6. The molecule has 1 aromatic heterocycles. The Bertz CT molecular complexity index is 786. The first-order valence-corrected chi connectivity index (χ1v) is 9.34. The smallest absolute Gasteiger partial charge is 0.338 e. The normalized spacial score (nSPS) is 14.4. The van der Waals surface area contributed by atoms with Crippen molar-refractivity contribution in [1.82, 2.24) is 9.97 Å². The molecule has 7 heteroatoms. The summed E-state index contributed by atoms with van der Waals surface area (Å²) in [6.45, 7) is 2.08. The van der Waals surface area contributed by atoms with Crippen LogP contribution in [0.2, 0.25) is 0 Å². The van der Waals surface area contributed by atoms with E-state index in [2.05, 4.69) is 20.6 Å². The third-order valence-electron chi connectivity index (χ3n) is 4.48. The van der Waals surface area contributed by atoms with Crippen LogP contribution in [-0.2, 0) is 4.74 Å². The number of nitrogens with zero attached hydrogens (tertiary/aromatic N) is 2. The molecule has 1 saturated carbocycles. The summed E-state index contributed by atoms with van der Waals surface area (Å²) >= 11 is 0. The molecule has 7 nitrogen and oxygen atoms in total. The van der Waals surface area contributed by atoms with Gasteiger partial charge in [0, 0.05) is 17.9 Å². The third kappa shape index (κ3) is 5.26. The molecule has 3 rings (SSSR count). The number of rotatable bonds is 6. The Morgan fingerprint density at radius 2 is 1.85 bits per heavy atom. The second kappa shape index (κ2) is 9.12. The van der Waals surface area contributed by atoms with Crippen LogP contribution in [0.15, 0.2) is 36.5 Å². The van der Waals surface area contributed by atoms with Crippen LogP contribution in [0.25, 0.3) is 0 Å². The number of carbonyl (C=O) groups is 2. The summed E-state index contributed by atoms with van der Waals surface area (Å²) in [6, 6.07) is 8.49. The number of ether oxygens (including phenoxy) is 1. The van der Waals surface area contributed by atoms with Gasteiger partial charge in [-0.1, -0.05) is 19.3 Å². The SMILES string of the molecule is CCOC(=O)c1ccc(NC(=O)c2ccnc(NC3CCCCC3)n2)cc1. The molecule has 2 N–H and O–H groups in total. The van der Waals surface area contributed by atoms with Gasteiger partial charge in [0.2, 0.25) is 5.95 Å². The van der Waals surface area contributed by atoms with Crippen molar-refractivity contribution in [2.45, 2.75) is 45.1 Å². The number of anilines is 2. The average Bonchev–Trinajstić information content (AvgIpc) is 2.70. The predicted molar refractivity (Wildman–Crippen MR) is 103 cm³/mol. The van der Waals surface area contributed by atoms with E-state index in [4.69, 9.17) is 4.74 Å². The molecule has 1 heterocycles. The lowest BCUT2D eigenvalue weighted by Crippen LogP contribution is -2.24. The van der Waals surface area contributed by atoms with Crippen molar-refractivity contribution in [3.63, 3.8) is 0 Å². The summed E-state index contributed by atoms with van der Waals surface area (Å²) in [6.07, 6.45) is 7.48. The minimum atomic E-state index is -0.385. The van der Waals surface area contributed by atoms with Crippen molar-refractivity contribution in [2.75, 3.05) is 17.2 Å². The van der Waals surface area contributed by atoms with Gasteiger partial charge >= 0.3 is 5.97 Å². The first-order valence-electron chi connectivity index (χ1n) is 9.34. The highest BCUT2D eigenvalue weighted by Crippen LogP contribution is 2.20. The highest BCUT2D eigenvalue weighted by atomic mass is 16.5. The van der Waals surface area contributed by atoms with Crippen LogP contribution < -0.4 is 10.6 Å². The molecule has 0 aliphatic heterocycles. The molecule has 1 aromatic carbocycles. The van der Waals surface area contributed by atoms with Crippen molar-refractivity contribution < 1.29 is 14.3 Å². The van der Waals surface area contributed by atoms with Crippen LogP contribution in [-0.4, -0.2) is 34.5 Å². The lowest BCUT2D eigenvalue weighted by atomic mass is 9.96.